The molecule has 0 bridgehead atoms. The van der Waals surface area contributed by atoms with Crippen molar-refractivity contribution in [3.8, 4) is 0 Å². The van der Waals surface area contributed by atoms with Crippen LogP contribution in [0.2, 0.25) is 0 Å². The van der Waals surface area contributed by atoms with Crippen molar-refractivity contribution in [3.63, 3.8) is 0 Å². The van der Waals surface area contributed by atoms with Gasteiger partial charge in [-0.25, -0.2) is 0 Å². The Balaban J connectivity index is 2.09. The average molecular weight is 281 g/mol. The molecule has 3 aromatic rings. The Morgan fingerprint density at radius 2 is 1.85 bits per heavy atom. The highest BCUT2D eigenvalue weighted by Crippen LogP contribution is 2.33. The van der Waals surface area contributed by atoms with Gasteiger partial charge in [0.2, 0.25) is 0 Å². The summed E-state index contributed by atoms with van der Waals surface area (Å²) in [7, 11) is 0. The number of hydrogen-bond donors (Lipinski definition) is 2. The van der Waals surface area contributed by atoms with Gasteiger partial charge in [0.05, 0.1) is 5.69 Å². The first-order valence-electron chi connectivity index (χ1n) is 6.32. The van der Waals surface area contributed by atoms with Crippen LogP contribution in [0.25, 0.3) is 10.8 Å². The summed E-state index contributed by atoms with van der Waals surface area (Å²) < 4.78 is 0. The van der Waals surface area contributed by atoms with Crippen molar-refractivity contribution < 1.29 is 0 Å². The molecule has 0 atom stereocenters. The number of pyridine rings is 1. The standard InChI is InChI=1S/C16H15N3S/c1-20-16-5-3-2-4-15(16)19-14-7-6-13(17)12-10-18-9-8-11(12)14/h2-10,19H,17H2,1H3. The van der Waals surface area contributed by atoms with Crippen LogP contribution >= 0.6 is 11.8 Å². The average Bonchev–Trinajstić information content (AvgIpc) is 2.51. The van der Waals surface area contributed by atoms with Crippen molar-refractivity contribution >= 4 is 39.6 Å². The van der Waals surface area contributed by atoms with E-state index in [-0.39, 0.29) is 0 Å². The number of thioether (sulfide) groups is 1. The minimum Gasteiger partial charge on any atom is -0.398 e. The lowest BCUT2D eigenvalue weighted by Gasteiger charge is -2.13. The van der Waals surface area contributed by atoms with E-state index in [0.717, 1.165) is 27.8 Å². The van der Waals surface area contributed by atoms with Crippen LogP contribution in [-0.4, -0.2) is 11.2 Å². The number of para-hydroxylation sites is 1. The molecular weight excluding hydrogens is 266 g/mol. The van der Waals surface area contributed by atoms with Gasteiger partial charge in [-0.1, -0.05) is 12.1 Å². The largest absolute Gasteiger partial charge is 0.398 e. The lowest BCUT2D eigenvalue weighted by molar-refractivity contribution is 1.36. The Bertz CT molecular complexity index is 756. The van der Waals surface area contributed by atoms with E-state index in [0.29, 0.717) is 0 Å². The monoisotopic (exact) mass is 281 g/mol. The summed E-state index contributed by atoms with van der Waals surface area (Å²) in [6, 6.07) is 14.2. The van der Waals surface area contributed by atoms with E-state index in [1.54, 1.807) is 24.2 Å². The van der Waals surface area contributed by atoms with Gasteiger partial charge >= 0.3 is 0 Å². The summed E-state index contributed by atoms with van der Waals surface area (Å²) in [6.45, 7) is 0. The van der Waals surface area contributed by atoms with Gasteiger partial charge in [0.1, 0.15) is 0 Å². The third-order valence-electron chi connectivity index (χ3n) is 3.23. The molecule has 0 aliphatic carbocycles. The maximum atomic E-state index is 6.00. The fourth-order valence-electron chi connectivity index (χ4n) is 2.21. The van der Waals surface area contributed by atoms with Crippen LogP contribution in [-0.2, 0) is 0 Å². The highest BCUT2D eigenvalue weighted by molar-refractivity contribution is 7.98. The van der Waals surface area contributed by atoms with E-state index in [9.17, 15) is 0 Å². The zero-order valence-electron chi connectivity index (χ0n) is 11.1. The molecule has 0 saturated carbocycles. The van der Waals surface area contributed by atoms with Gasteiger partial charge < -0.3 is 11.1 Å². The van der Waals surface area contributed by atoms with E-state index < -0.39 is 0 Å². The molecule has 0 unspecified atom stereocenters. The second-order valence-electron chi connectivity index (χ2n) is 4.45. The zero-order chi connectivity index (χ0) is 13.9. The number of nitrogens with one attached hydrogen (secondary N) is 1. The van der Waals surface area contributed by atoms with E-state index in [4.69, 9.17) is 5.73 Å². The van der Waals surface area contributed by atoms with Gasteiger partial charge in [0, 0.05) is 39.4 Å². The summed E-state index contributed by atoms with van der Waals surface area (Å²) in [5, 5.41) is 5.54. The van der Waals surface area contributed by atoms with Gasteiger partial charge in [-0.3, -0.25) is 4.98 Å². The quantitative estimate of drug-likeness (QED) is 0.555. The number of nitrogen functional groups attached to an aromatic ring is 1. The van der Waals surface area contributed by atoms with Crippen molar-refractivity contribution in [1.82, 2.24) is 4.98 Å². The topological polar surface area (TPSA) is 50.9 Å². The Morgan fingerprint density at radius 3 is 2.70 bits per heavy atom. The summed E-state index contributed by atoms with van der Waals surface area (Å²) >= 11 is 1.72. The summed E-state index contributed by atoms with van der Waals surface area (Å²) in [5.74, 6) is 0. The normalized spacial score (nSPS) is 10.7. The van der Waals surface area contributed by atoms with E-state index in [1.165, 1.54) is 4.90 Å². The molecule has 0 aliphatic heterocycles. The summed E-state index contributed by atoms with van der Waals surface area (Å²) in [4.78, 5) is 5.36. The maximum Gasteiger partial charge on any atom is 0.0522 e. The van der Waals surface area contributed by atoms with Crippen LogP contribution < -0.4 is 11.1 Å². The van der Waals surface area contributed by atoms with E-state index >= 15 is 0 Å². The molecule has 0 amide bonds. The van der Waals surface area contributed by atoms with Gasteiger partial charge in [-0.2, -0.15) is 0 Å². The SMILES string of the molecule is CSc1ccccc1Nc1ccc(N)c2cnccc12. The molecule has 3 nitrogen and oxygen atoms in total. The fourth-order valence-corrected chi connectivity index (χ4v) is 2.77. The molecule has 0 radical (unpaired) electrons. The first-order valence-corrected chi connectivity index (χ1v) is 7.54. The number of fused-ring (bicyclic) bond motifs is 1. The Labute approximate surface area is 122 Å². The number of rotatable bonds is 3. The number of aromatic nitrogens is 1. The van der Waals surface area contributed by atoms with Gasteiger partial charge in [0.15, 0.2) is 0 Å². The predicted molar refractivity (Wildman–Crippen MR) is 87.7 cm³/mol. The number of nitrogens with zero attached hydrogens (tertiary/aromatic N) is 1. The van der Waals surface area contributed by atoms with E-state index in [2.05, 4.69) is 28.7 Å². The summed E-state index contributed by atoms with van der Waals surface area (Å²) in [5.41, 5.74) is 8.89. The first-order chi connectivity index (χ1) is 9.79. The van der Waals surface area contributed by atoms with Crippen LogP contribution in [0.3, 0.4) is 0 Å². The van der Waals surface area contributed by atoms with Gasteiger partial charge in [-0.15, -0.1) is 11.8 Å². The van der Waals surface area contributed by atoms with Crippen molar-refractivity contribution in [1.29, 1.82) is 0 Å². The third-order valence-corrected chi connectivity index (χ3v) is 4.02. The van der Waals surface area contributed by atoms with Crippen molar-refractivity contribution in [2.45, 2.75) is 4.90 Å². The van der Waals surface area contributed by atoms with Crippen LogP contribution in [0.1, 0.15) is 0 Å². The van der Waals surface area contributed by atoms with Gasteiger partial charge in [-0.05, 0) is 36.6 Å². The lowest BCUT2D eigenvalue weighted by atomic mass is 10.1. The minimum atomic E-state index is 0.747. The third kappa shape index (κ3) is 2.30. The van der Waals surface area contributed by atoms with E-state index in [1.807, 2.05) is 30.3 Å². The highest BCUT2D eigenvalue weighted by atomic mass is 32.2. The molecule has 0 spiro atoms. The number of anilines is 3. The summed E-state index contributed by atoms with van der Waals surface area (Å²) in [6.07, 6.45) is 5.66. The fraction of sp³-hybridized carbons (Fsp3) is 0.0625. The van der Waals surface area contributed by atoms with Crippen molar-refractivity contribution in [3.05, 3.63) is 54.9 Å². The number of benzene rings is 2. The molecule has 1 heterocycles. The molecule has 3 rings (SSSR count). The van der Waals surface area contributed by atoms with Crippen LogP contribution in [0, 0.1) is 0 Å². The van der Waals surface area contributed by atoms with Crippen molar-refractivity contribution in [2.75, 3.05) is 17.3 Å². The molecule has 100 valence electrons. The van der Waals surface area contributed by atoms with Crippen LogP contribution in [0.4, 0.5) is 17.1 Å². The molecule has 0 fully saturated rings. The predicted octanol–water partition coefficient (Wildman–Crippen LogP) is 4.28. The van der Waals surface area contributed by atoms with Crippen LogP contribution in [0.5, 0.6) is 0 Å². The van der Waals surface area contributed by atoms with Gasteiger partial charge in [0.25, 0.3) is 0 Å². The first kappa shape index (κ1) is 12.8. The Hall–Kier alpha value is -2.20. The molecule has 3 N–H and O–H groups in total. The lowest BCUT2D eigenvalue weighted by Crippen LogP contribution is -1.95. The minimum absolute atomic E-state index is 0.747. The number of hydrogen-bond acceptors (Lipinski definition) is 4. The second-order valence-corrected chi connectivity index (χ2v) is 5.30. The molecule has 4 heteroatoms. The number of nitrogens with two attached hydrogens (primary N) is 1. The maximum absolute atomic E-state index is 6.00. The molecular formula is C16H15N3S. The zero-order valence-corrected chi connectivity index (χ0v) is 11.9. The Kier molecular flexibility index (Phi) is 3.48. The van der Waals surface area contributed by atoms with Crippen LogP contribution in [0.15, 0.2) is 59.8 Å². The smallest absolute Gasteiger partial charge is 0.0522 e. The molecule has 0 saturated heterocycles. The Morgan fingerprint density at radius 1 is 1.00 bits per heavy atom. The second kappa shape index (κ2) is 5.43. The van der Waals surface area contributed by atoms with Crippen molar-refractivity contribution in [2.24, 2.45) is 0 Å². The molecule has 2 aromatic carbocycles. The molecule has 1 aromatic heterocycles. The molecule has 20 heavy (non-hydrogen) atoms. The molecule has 0 aliphatic rings. The highest BCUT2D eigenvalue weighted by Gasteiger charge is 2.06.